The predicted molar refractivity (Wildman–Crippen MR) is 116 cm³/mol. The molecule has 3 rings (SSSR count). The summed E-state index contributed by atoms with van der Waals surface area (Å²) < 4.78 is 51.7. The molecule has 2 aromatic rings. The second kappa shape index (κ2) is 9.61. The Balaban J connectivity index is 2.50. The van der Waals surface area contributed by atoms with Gasteiger partial charge in [-0.3, -0.25) is 4.90 Å². The number of rotatable bonds is 4. The highest BCUT2D eigenvalue weighted by atomic mass is 19.4. The van der Waals surface area contributed by atoms with Crippen molar-refractivity contribution >= 4 is 17.6 Å². The molecule has 11 heteroatoms. The van der Waals surface area contributed by atoms with Crippen LogP contribution in [0.5, 0.6) is 0 Å². The molecule has 178 valence electrons. The van der Waals surface area contributed by atoms with Gasteiger partial charge in [-0.2, -0.15) is 23.7 Å². The second-order valence-corrected chi connectivity index (χ2v) is 7.18. The van der Waals surface area contributed by atoms with E-state index in [2.05, 4.69) is 0 Å². The lowest BCUT2D eigenvalue weighted by molar-refractivity contribution is -0.139. The van der Waals surface area contributed by atoms with E-state index in [-0.39, 0.29) is 11.1 Å². The lowest BCUT2D eigenvalue weighted by atomic mass is 9.80. The number of ether oxygens (including phenoxy) is 2. The van der Waals surface area contributed by atoms with Crippen molar-refractivity contribution in [1.29, 1.82) is 10.5 Å². The van der Waals surface area contributed by atoms with Crippen LogP contribution in [0.3, 0.4) is 0 Å². The normalized spacial score (nSPS) is 15.9. The number of hydrogen-bond donors (Lipinski definition) is 1. The Morgan fingerprint density at radius 2 is 1.63 bits per heavy atom. The van der Waals surface area contributed by atoms with Crippen LogP contribution in [0.15, 0.2) is 71.2 Å². The molecule has 2 N–H and O–H groups in total. The summed E-state index contributed by atoms with van der Waals surface area (Å²) in [6.45, 7) is 0. The third kappa shape index (κ3) is 4.39. The molecule has 1 aliphatic rings. The minimum Gasteiger partial charge on any atom is -0.466 e. The number of esters is 2. The maximum Gasteiger partial charge on any atom is 0.418 e. The lowest BCUT2D eigenvalue weighted by Crippen LogP contribution is -2.41. The first-order valence-electron chi connectivity index (χ1n) is 9.87. The van der Waals surface area contributed by atoms with Gasteiger partial charge in [0.05, 0.1) is 60.2 Å². The number of halogens is 3. The van der Waals surface area contributed by atoms with E-state index in [0.717, 1.165) is 26.4 Å². The monoisotopic (exact) mass is 482 g/mol. The Morgan fingerprint density at radius 1 is 1.00 bits per heavy atom. The van der Waals surface area contributed by atoms with E-state index in [1.54, 1.807) is 36.4 Å². The molecule has 0 aliphatic carbocycles. The Kier molecular flexibility index (Phi) is 6.83. The van der Waals surface area contributed by atoms with Crippen LogP contribution in [0, 0.1) is 22.7 Å². The summed E-state index contributed by atoms with van der Waals surface area (Å²) in [5.41, 5.74) is 2.90. The molecule has 1 aliphatic heterocycles. The number of carbonyl (C=O) groups excluding carboxylic acids is 2. The van der Waals surface area contributed by atoms with Gasteiger partial charge < -0.3 is 15.2 Å². The van der Waals surface area contributed by atoms with Crippen molar-refractivity contribution in [2.75, 3.05) is 19.1 Å². The summed E-state index contributed by atoms with van der Waals surface area (Å²) in [7, 11) is 2.00. The topological polar surface area (TPSA) is 129 Å². The second-order valence-electron chi connectivity index (χ2n) is 7.18. The molecule has 0 fully saturated rings. The smallest absolute Gasteiger partial charge is 0.418 e. The zero-order valence-electron chi connectivity index (χ0n) is 18.4. The van der Waals surface area contributed by atoms with Gasteiger partial charge in [0, 0.05) is 0 Å². The highest BCUT2D eigenvalue weighted by Gasteiger charge is 2.45. The van der Waals surface area contributed by atoms with E-state index in [1.165, 1.54) is 0 Å². The van der Waals surface area contributed by atoms with Gasteiger partial charge in [-0.25, -0.2) is 9.59 Å². The van der Waals surface area contributed by atoms with Crippen molar-refractivity contribution in [1.82, 2.24) is 0 Å². The molecule has 35 heavy (non-hydrogen) atoms. The van der Waals surface area contributed by atoms with Crippen LogP contribution in [-0.2, 0) is 25.2 Å². The number of benzene rings is 2. The number of nitriles is 2. The molecule has 0 spiro atoms. The summed E-state index contributed by atoms with van der Waals surface area (Å²) in [5, 5.41) is 19.0. The van der Waals surface area contributed by atoms with Crippen molar-refractivity contribution in [2.24, 2.45) is 5.73 Å². The molecule has 1 atom stereocenters. The molecule has 8 nitrogen and oxygen atoms in total. The Hall–Kier alpha value is -4.77. The first-order chi connectivity index (χ1) is 16.6. The maximum absolute atomic E-state index is 14.0. The van der Waals surface area contributed by atoms with Crippen molar-refractivity contribution in [2.45, 2.75) is 12.1 Å². The number of carbonyl (C=O) groups is 2. The molecule has 2 aromatic carbocycles. The quantitative estimate of drug-likeness (QED) is 0.656. The molecule has 0 radical (unpaired) electrons. The van der Waals surface area contributed by atoms with Crippen molar-refractivity contribution < 1.29 is 32.2 Å². The third-order valence-electron chi connectivity index (χ3n) is 5.28. The Morgan fingerprint density at radius 3 is 2.14 bits per heavy atom. The van der Waals surface area contributed by atoms with Crippen LogP contribution in [0.2, 0.25) is 0 Å². The van der Waals surface area contributed by atoms with Crippen molar-refractivity contribution in [3.63, 3.8) is 0 Å². The van der Waals surface area contributed by atoms with Crippen LogP contribution >= 0.6 is 0 Å². The van der Waals surface area contributed by atoms with Crippen LogP contribution < -0.4 is 10.6 Å². The van der Waals surface area contributed by atoms with Crippen LogP contribution in [0.25, 0.3) is 0 Å². The van der Waals surface area contributed by atoms with Gasteiger partial charge in [0.2, 0.25) is 0 Å². The van der Waals surface area contributed by atoms with Crippen molar-refractivity contribution in [3.8, 4) is 12.1 Å². The van der Waals surface area contributed by atoms with E-state index in [1.807, 2.05) is 6.07 Å². The molecule has 0 saturated carbocycles. The van der Waals surface area contributed by atoms with Gasteiger partial charge in [-0.1, -0.05) is 30.3 Å². The lowest BCUT2D eigenvalue weighted by Gasteiger charge is -2.36. The molecular weight excluding hydrogens is 465 g/mol. The van der Waals surface area contributed by atoms with Gasteiger partial charge in [-0.15, -0.1) is 0 Å². The highest BCUT2D eigenvalue weighted by Crippen LogP contribution is 2.46. The van der Waals surface area contributed by atoms with Crippen molar-refractivity contribution in [3.05, 3.63) is 87.9 Å². The fourth-order valence-corrected chi connectivity index (χ4v) is 3.79. The number of nitrogens with zero attached hydrogens (tertiary/aromatic N) is 3. The maximum atomic E-state index is 14.0. The number of alkyl halides is 3. The number of anilines is 1. The van der Waals surface area contributed by atoms with E-state index in [4.69, 9.17) is 20.5 Å². The van der Waals surface area contributed by atoms with E-state index >= 15 is 0 Å². The summed E-state index contributed by atoms with van der Waals surface area (Å²) in [5.74, 6) is -4.02. The minimum absolute atomic E-state index is 0.290. The molecular formula is C24H17F3N4O4. The molecule has 0 amide bonds. The standard InChI is InChI=1S/C24H17F3N4O4/c1-34-22(32)19-18(14-6-4-3-5-7-14)15(12-29)21(30)31(20(19)23(33)35-2)17-9-8-13(11-28)10-16(17)24(25,26)27/h3-10,18H,30H2,1-2H3. The summed E-state index contributed by atoms with van der Waals surface area (Å²) in [6.07, 6.45) is -4.99. The summed E-state index contributed by atoms with van der Waals surface area (Å²) in [6, 6.07) is 14.1. The number of nitrogens with two attached hydrogens (primary N) is 1. The van der Waals surface area contributed by atoms with Crippen LogP contribution in [0.1, 0.15) is 22.6 Å². The van der Waals surface area contributed by atoms with Gasteiger partial charge in [0.25, 0.3) is 0 Å². The highest BCUT2D eigenvalue weighted by molar-refractivity contribution is 6.06. The third-order valence-corrected chi connectivity index (χ3v) is 5.28. The van der Waals surface area contributed by atoms with Gasteiger partial charge in [-0.05, 0) is 23.8 Å². The first kappa shape index (κ1) is 24.9. The average Bonchev–Trinajstić information content (AvgIpc) is 2.86. The number of methoxy groups -OCH3 is 2. The number of hydrogen-bond acceptors (Lipinski definition) is 8. The summed E-state index contributed by atoms with van der Waals surface area (Å²) >= 11 is 0. The SMILES string of the molecule is COC(=O)C1=C(C(=O)OC)N(c2ccc(C#N)cc2C(F)(F)F)C(N)=C(C#N)C1c1ccccc1. The van der Waals surface area contributed by atoms with E-state index < -0.39 is 52.4 Å². The van der Waals surface area contributed by atoms with Crippen LogP contribution in [-0.4, -0.2) is 26.2 Å². The fourth-order valence-electron chi connectivity index (χ4n) is 3.79. The van der Waals surface area contributed by atoms with Gasteiger partial charge in [0.15, 0.2) is 0 Å². The molecule has 1 heterocycles. The van der Waals surface area contributed by atoms with E-state index in [0.29, 0.717) is 16.5 Å². The molecule has 1 unspecified atom stereocenters. The van der Waals surface area contributed by atoms with Gasteiger partial charge in [0.1, 0.15) is 11.5 Å². The number of allylic oxidation sites excluding steroid dienone is 1. The van der Waals surface area contributed by atoms with Crippen LogP contribution in [0.4, 0.5) is 18.9 Å². The molecule has 0 saturated heterocycles. The largest absolute Gasteiger partial charge is 0.466 e. The van der Waals surface area contributed by atoms with Gasteiger partial charge >= 0.3 is 18.1 Å². The predicted octanol–water partition coefficient (Wildman–Crippen LogP) is 3.47. The Bertz CT molecular complexity index is 1340. The molecule has 0 aromatic heterocycles. The zero-order valence-corrected chi connectivity index (χ0v) is 18.4. The molecule has 0 bridgehead atoms. The summed E-state index contributed by atoms with van der Waals surface area (Å²) in [4.78, 5) is 26.6. The first-order valence-corrected chi connectivity index (χ1v) is 9.87. The van der Waals surface area contributed by atoms with E-state index in [9.17, 15) is 28.0 Å². The zero-order chi connectivity index (χ0) is 25.9. The average molecular weight is 482 g/mol. The Labute approximate surface area is 197 Å². The fraction of sp³-hybridized carbons (Fsp3) is 0.167. The minimum atomic E-state index is -4.99.